The number of hydrogen-bond acceptors (Lipinski definition) is 5. The second kappa shape index (κ2) is 10.8. The number of para-hydroxylation sites is 1. The summed E-state index contributed by atoms with van der Waals surface area (Å²) in [5.74, 6) is 0.774. The van der Waals surface area contributed by atoms with Gasteiger partial charge >= 0.3 is 0 Å². The van der Waals surface area contributed by atoms with Crippen LogP contribution >= 0.6 is 24.0 Å². The minimum absolute atomic E-state index is 0.107. The summed E-state index contributed by atoms with van der Waals surface area (Å²) in [5, 5.41) is 4.89. The first-order valence-electron chi connectivity index (χ1n) is 11.3. The molecular weight excluding hydrogens is 462 g/mol. The number of unbranched alkanes of at least 4 members (excludes halogenated alkanes) is 1. The van der Waals surface area contributed by atoms with Crippen molar-refractivity contribution < 1.29 is 9.53 Å². The van der Waals surface area contributed by atoms with Gasteiger partial charge in [-0.15, -0.1) is 6.58 Å². The molecule has 0 saturated carbocycles. The molecule has 2 heterocycles. The zero-order chi connectivity index (χ0) is 24.1. The van der Waals surface area contributed by atoms with E-state index in [9.17, 15) is 4.79 Å². The van der Waals surface area contributed by atoms with Crippen molar-refractivity contribution in [2.24, 2.45) is 0 Å². The second-order valence-electron chi connectivity index (χ2n) is 7.98. The fourth-order valence-corrected chi connectivity index (χ4v) is 4.91. The van der Waals surface area contributed by atoms with Gasteiger partial charge in [-0.25, -0.2) is 4.68 Å². The van der Waals surface area contributed by atoms with Gasteiger partial charge in [-0.05, 0) is 55.3 Å². The molecule has 7 heteroatoms. The van der Waals surface area contributed by atoms with Gasteiger partial charge in [0.1, 0.15) is 15.8 Å². The third-order valence-electron chi connectivity index (χ3n) is 5.44. The number of benzene rings is 2. The number of aryl methyl sites for hydroxylation is 1. The molecule has 0 unspecified atom stereocenters. The van der Waals surface area contributed by atoms with Crippen molar-refractivity contribution in [2.45, 2.75) is 26.7 Å². The van der Waals surface area contributed by atoms with E-state index >= 15 is 0 Å². The SMILES string of the molecule is C=CCN1C(=O)/C(=C/c2cn(-c3ccccc3)nc2-c2ccc(OCCCC)c(C)c2)SC1=S. The Labute approximate surface area is 210 Å². The Balaban J connectivity index is 1.74. The van der Waals surface area contributed by atoms with Crippen LogP contribution < -0.4 is 4.74 Å². The van der Waals surface area contributed by atoms with Crippen molar-refractivity contribution in [3.05, 3.63) is 83.4 Å². The number of ether oxygens (including phenoxy) is 1. The van der Waals surface area contributed by atoms with E-state index in [0.29, 0.717) is 22.4 Å². The molecule has 1 aromatic heterocycles. The number of nitrogens with zero attached hydrogens (tertiary/aromatic N) is 3. The van der Waals surface area contributed by atoms with Gasteiger partial charge in [0.05, 0.1) is 17.2 Å². The van der Waals surface area contributed by atoms with Gasteiger partial charge in [-0.1, -0.05) is 61.6 Å². The lowest BCUT2D eigenvalue weighted by molar-refractivity contribution is -0.121. The van der Waals surface area contributed by atoms with E-state index in [1.807, 2.05) is 66.3 Å². The van der Waals surface area contributed by atoms with Crippen molar-refractivity contribution in [2.75, 3.05) is 13.2 Å². The van der Waals surface area contributed by atoms with E-state index < -0.39 is 0 Å². The molecule has 0 bridgehead atoms. The van der Waals surface area contributed by atoms with E-state index in [4.69, 9.17) is 22.1 Å². The van der Waals surface area contributed by atoms with Crippen molar-refractivity contribution >= 4 is 40.3 Å². The van der Waals surface area contributed by atoms with Crippen LogP contribution in [0.1, 0.15) is 30.9 Å². The Morgan fingerprint density at radius 1 is 1.21 bits per heavy atom. The predicted molar refractivity (Wildman–Crippen MR) is 144 cm³/mol. The van der Waals surface area contributed by atoms with Gasteiger partial charge in [0.25, 0.3) is 5.91 Å². The molecule has 1 amide bonds. The highest BCUT2D eigenvalue weighted by Gasteiger charge is 2.31. The molecule has 34 heavy (non-hydrogen) atoms. The Hall–Kier alpha value is -3.16. The first kappa shape index (κ1) is 24.0. The monoisotopic (exact) mass is 489 g/mol. The zero-order valence-corrected chi connectivity index (χ0v) is 21.0. The number of carbonyl (C=O) groups is 1. The first-order chi connectivity index (χ1) is 16.5. The summed E-state index contributed by atoms with van der Waals surface area (Å²) in [6.45, 7) is 9.02. The molecule has 0 radical (unpaired) electrons. The van der Waals surface area contributed by atoms with Crippen LogP contribution in [0.15, 0.2) is 72.3 Å². The Morgan fingerprint density at radius 3 is 2.71 bits per heavy atom. The molecule has 2 aromatic carbocycles. The van der Waals surface area contributed by atoms with Gasteiger partial charge < -0.3 is 4.74 Å². The summed E-state index contributed by atoms with van der Waals surface area (Å²) in [5.41, 5.74) is 4.59. The second-order valence-corrected chi connectivity index (χ2v) is 9.65. The number of carbonyl (C=O) groups excluding carboxylic acids is 1. The summed E-state index contributed by atoms with van der Waals surface area (Å²) in [7, 11) is 0. The largest absolute Gasteiger partial charge is 0.493 e. The van der Waals surface area contributed by atoms with Crippen LogP contribution in [0.2, 0.25) is 0 Å². The molecule has 1 aliphatic rings. The van der Waals surface area contributed by atoms with Crippen LogP contribution in [-0.4, -0.2) is 38.1 Å². The minimum atomic E-state index is -0.107. The molecule has 1 aliphatic heterocycles. The third-order valence-corrected chi connectivity index (χ3v) is 6.82. The number of rotatable bonds is 9. The van der Waals surface area contributed by atoms with Crippen LogP contribution in [0.25, 0.3) is 23.0 Å². The lowest BCUT2D eigenvalue weighted by Crippen LogP contribution is -2.27. The molecule has 0 spiro atoms. The molecule has 0 N–H and O–H groups in total. The smallest absolute Gasteiger partial charge is 0.266 e. The van der Waals surface area contributed by atoms with Crippen molar-refractivity contribution in [3.63, 3.8) is 0 Å². The average molecular weight is 490 g/mol. The average Bonchev–Trinajstić information content (AvgIpc) is 3.37. The zero-order valence-electron chi connectivity index (χ0n) is 19.4. The van der Waals surface area contributed by atoms with Crippen LogP contribution in [0.5, 0.6) is 5.75 Å². The van der Waals surface area contributed by atoms with Crippen LogP contribution in [0.3, 0.4) is 0 Å². The van der Waals surface area contributed by atoms with E-state index in [-0.39, 0.29) is 5.91 Å². The molecular formula is C27H27N3O2S2. The van der Waals surface area contributed by atoms with E-state index in [2.05, 4.69) is 19.6 Å². The maximum absolute atomic E-state index is 12.9. The maximum Gasteiger partial charge on any atom is 0.266 e. The summed E-state index contributed by atoms with van der Waals surface area (Å²) in [6, 6.07) is 16.0. The number of thiocarbonyl (C=S) groups is 1. The van der Waals surface area contributed by atoms with Gasteiger partial charge in [-0.2, -0.15) is 5.10 Å². The first-order valence-corrected chi connectivity index (χ1v) is 12.5. The molecule has 5 nitrogen and oxygen atoms in total. The van der Waals surface area contributed by atoms with Crippen molar-refractivity contribution in [1.29, 1.82) is 0 Å². The summed E-state index contributed by atoms with van der Waals surface area (Å²) in [6.07, 6.45) is 7.63. The Morgan fingerprint density at radius 2 is 2.00 bits per heavy atom. The van der Waals surface area contributed by atoms with E-state index in [0.717, 1.165) is 46.7 Å². The lowest BCUT2D eigenvalue weighted by Gasteiger charge is -2.10. The van der Waals surface area contributed by atoms with Crippen LogP contribution in [-0.2, 0) is 4.79 Å². The predicted octanol–water partition coefficient (Wildman–Crippen LogP) is 6.41. The number of thioether (sulfide) groups is 1. The van der Waals surface area contributed by atoms with E-state index in [1.54, 1.807) is 11.0 Å². The highest BCUT2D eigenvalue weighted by atomic mass is 32.2. The Kier molecular flexibility index (Phi) is 7.65. The molecule has 0 aliphatic carbocycles. The summed E-state index contributed by atoms with van der Waals surface area (Å²) in [4.78, 5) is 15.1. The number of amides is 1. The van der Waals surface area contributed by atoms with Crippen molar-refractivity contribution in [1.82, 2.24) is 14.7 Å². The molecule has 174 valence electrons. The molecule has 1 fully saturated rings. The molecule has 4 rings (SSSR count). The third kappa shape index (κ3) is 5.16. The quantitative estimate of drug-likeness (QED) is 0.150. The van der Waals surface area contributed by atoms with E-state index in [1.165, 1.54) is 11.8 Å². The standard InChI is InChI=1S/C27H27N3O2S2/c1-4-6-15-32-23-13-12-20(16-19(23)3)25-21(18-30(28-25)22-10-8-7-9-11-22)17-24-26(31)29(14-5-2)27(33)34-24/h5,7-13,16-18H,2,4,6,14-15H2,1,3H3/b24-17-. The molecule has 1 saturated heterocycles. The van der Waals surface area contributed by atoms with Crippen LogP contribution in [0, 0.1) is 6.92 Å². The van der Waals surface area contributed by atoms with Gasteiger partial charge in [0, 0.05) is 23.9 Å². The highest BCUT2D eigenvalue weighted by molar-refractivity contribution is 8.26. The lowest BCUT2D eigenvalue weighted by atomic mass is 10.0. The van der Waals surface area contributed by atoms with Crippen LogP contribution in [0.4, 0.5) is 0 Å². The topological polar surface area (TPSA) is 47.4 Å². The van der Waals surface area contributed by atoms with Gasteiger partial charge in [0.2, 0.25) is 0 Å². The van der Waals surface area contributed by atoms with Gasteiger partial charge in [0.15, 0.2) is 0 Å². The summed E-state index contributed by atoms with van der Waals surface area (Å²) >= 11 is 6.71. The fraction of sp³-hybridized carbons (Fsp3) is 0.222. The number of hydrogen-bond donors (Lipinski definition) is 0. The molecule has 3 aromatic rings. The Bertz CT molecular complexity index is 1250. The fourth-order valence-electron chi connectivity index (χ4n) is 3.64. The minimum Gasteiger partial charge on any atom is -0.493 e. The van der Waals surface area contributed by atoms with Crippen molar-refractivity contribution in [3.8, 4) is 22.7 Å². The highest BCUT2D eigenvalue weighted by Crippen LogP contribution is 2.35. The van der Waals surface area contributed by atoms with Gasteiger partial charge in [-0.3, -0.25) is 9.69 Å². The molecule has 0 atom stereocenters. The normalized spacial score (nSPS) is 14.8. The summed E-state index contributed by atoms with van der Waals surface area (Å²) < 4.78 is 8.31. The maximum atomic E-state index is 12.9. The number of aromatic nitrogens is 2.